The fourth-order valence-corrected chi connectivity index (χ4v) is 4.51. The van der Waals surface area contributed by atoms with Gasteiger partial charge in [0.05, 0.1) is 5.75 Å². The lowest BCUT2D eigenvalue weighted by Crippen LogP contribution is -2.53. The zero-order chi connectivity index (χ0) is 14.8. The van der Waals surface area contributed by atoms with Crippen LogP contribution in [-0.2, 0) is 10.0 Å². The van der Waals surface area contributed by atoms with Gasteiger partial charge in [-0.15, -0.1) is 0 Å². The highest BCUT2D eigenvalue weighted by Gasteiger charge is 2.43. The SMILES string of the molecule is CC(CS(=O)(=O)NC(C)(CN)C1CC1)c1ccccc1. The minimum absolute atomic E-state index is 0.0325. The smallest absolute Gasteiger partial charge is 0.212 e. The van der Waals surface area contributed by atoms with Gasteiger partial charge in [0.15, 0.2) is 0 Å². The largest absolute Gasteiger partial charge is 0.329 e. The maximum Gasteiger partial charge on any atom is 0.212 e. The van der Waals surface area contributed by atoms with E-state index in [1.54, 1.807) is 0 Å². The van der Waals surface area contributed by atoms with Gasteiger partial charge in [-0.25, -0.2) is 13.1 Å². The second-order valence-corrected chi connectivity index (χ2v) is 7.86. The Morgan fingerprint density at radius 3 is 2.45 bits per heavy atom. The molecule has 2 rings (SSSR count). The third kappa shape index (κ3) is 3.81. The topological polar surface area (TPSA) is 72.2 Å². The van der Waals surface area contributed by atoms with Crippen molar-refractivity contribution in [2.24, 2.45) is 11.7 Å². The van der Waals surface area contributed by atoms with Crippen molar-refractivity contribution in [3.05, 3.63) is 35.9 Å². The molecule has 1 saturated carbocycles. The fourth-order valence-electron chi connectivity index (χ4n) is 2.62. The summed E-state index contributed by atoms with van der Waals surface area (Å²) in [5.41, 5.74) is 6.32. The predicted molar refractivity (Wildman–Crippen MR) is 82.0 cm³/mol. The fraction of sp³-hybridized carbons (Fsp3) is 0.600. The Bertz CT molecular complexity index is 540. The molecule has 0 amide bonds. The molecule has 1 aliphatic rings. The number of sulfonamides is 1. The first-order chi connectivity index (χ1) is 9.36. The molecule has 1 aliphatic carbocycles. The summed E-state index contributed by atoms with van der Waals surface area (Å²) in [6.45, 7) is 4.19. The molecule has 3 N–H and O–H groups in total. The Labute approximate surface area is 121 Å². The molecule has 0 heterocycles. The van der Waals surface area contributed by atoms with Crippen molar-refractivity contribution in [2.45, 2.75) is 38.1 Å². The second kappa shape index (κ2) is 5.84. The van der Waals surface area contributed by atoms with Crippen molar-refractivity contribution in [1.82, 2.24) is 4.72 Å². The van der Waals surface area contributed by atoms with Gasteiger partial charge in [-0.3, -0.25) is 0 Å². The molecular formula is C15H24N2O2S. The lowest BCUT2D eigenvalue weighted by Gasteiger charge is -2.29. The lowest BCUT2D eigenvalue weighted by atomic mass is 9.98. The summed E-state index contributed by atoms with van der Waals surface area (Å²) in [5, 5.41) is 0. The average molecular weight is 296 g/mol. The minimum Gasteiger partial charge on any atom is -0.329 e. The molecule has 2 unspecified atom stereocenters. The molecule has 20 heavy (non-hydrogen) atoms. The molecule has 1 fully saturated rings. The van der Waals surface area contributed by atoms with E-state index in [2.05, 4.69) is 4.72 Å². The van der Waals surface area contributed by atoms with E-state index < -0.39 is 15.6 Å². The van der Waals surface area contributed by atoms with Crippen molar-refractivity contribution < 1.29 is 8.42 Å². The molecule has 0 bridgehead atoms. The Morgan fingerprint density at radius 2 is 1.95 bits per heavy atom. The molecule has 112 valence electrons. The molecule has 5 heteroatoms. The Hall–Kier alpha value is -0.910. The third-order valence-electron chi connectivity index (χ3n) is 4.13. The lowest BCUT2D eigenvalue weighted by molar-refractivity contribution is 0.373. The number of hydrogen-bond acceptors (Lipinski definition) is 3. The molecule has 1 aromatic carbocycles. The maximum atomic E-state index is 12.4. The van der Waals surface area contributed by atoms with Crippen LogP contribution in [0.25, 0.3) is 0 Å². The van der Waals surface area contributed by atoms with Crippen molar-refractivity contribution in [1.29, 1.82) is 0 Å². The van der Waals surface area contributed by atoms with Crippen LogP contribution < -0.4 is 10.5 Å². The molecule has 0 saturated heterocycles. The van der Waals surface area contributed by atoms with Gasteiger partial charge in [-0.2, -0.15) is 0 Å². The standard InChI is InChI=1S/C15H24N2O2S/c1-12(13-6-4-3-5-7-13)10-20(18,19)17-15(2,11-16)14-8-9-14/h3-7,12,14,17H,8-11,16H2,1-2H3. The van der Waals surface area contributed by atoms with E-state index in [9.17, 15) is 8.42 Å². The normalized spacial score (nSPS) is 20.4. The zero-order valence-corrected chi connectivity index (χ0v) is 13.0. The minimum atomic E-state index is -3.33. The van der Waals surface area contributed by atoms with Gasteiger partial charge in [-0.1, -0.05) is 37.3 Å². The van der Waals surface area contributed by atoms with Crippen LogP contribution in [0.15, 0.2) is 30.3 Å². The van der Waals surface area contributed by atoms with E-state index in [4.69, 9.17) is 5.73 Å². The number of hydrogen-bond donors (Lipinski definition) is 2. The predicted octanol–water partition coefficient (Wildman–Crippen LogP) is 1.84. The van der Waals surface area contributed by atoms with E-state index in [-0.39, 0.29) is 11.7 Å². The van der Waals surface area contributed by atoms with Crippen LogP contribution in [0.4, 0.5) is 0 Å². The highest BCUT2D eigenvalue weighted by Crippen LogP contribution is 2.39. The highest BCUT2D eigenvalue weighted by molar-refractivity contribution is 7.89. The summed E-state index contributed by atoms with van der Waals surface area (Å²) in [5.74, 6) is 0.448. The summed E-state index contributed by atoms with van der Waals surface area (Å²) < 4.78 is 27.5. The van der Waals surface area contributed by atoms with Crippen LogP contribution >= 0.6 is 0 Å². The number of rotatable bonds is 7. The van der Waals surface area contributed by atoms with E-state index >= 15 is 0 Å². The van der Waals surface area contributed by atoms with Crippen molar-refractivity contribution in [3.8, 4) is 0 Å². The first kappa shape index (κ1) is 15.5. The van der Waals surface area contributed by atoms with Crippen molar-refractivity contribution in [2.75, 3.05) is 12.3 Å². The van der Waals surface area contributed by atoms with Gasteiger partial charge in [0.1, 0.15) is 0 Å². The van der Waals surface area contributed by atoms with Crippen LogP contribution in [0, 0.1) is 5.92 Å². The molecule has 1 aromatic rings. The molecule has 2 atom stereocenters. The first-order valence-electron chi connectivity index (χ1n) is 7.13. The van der Waals surface area contributed by atoms with Gasteiger partial charge in [0.25, 0.3) is 0 Å². The summed E-state index contributed by atoms with van der Waals surface area (Å²) >= 11 is 0. The molecule has 4 nitrogen and oxygen atoms in total. The molecular weight excluding hydrogens is 272 g/mol. The Balaban J connectivity index is 2.04. The second-order valence-electron chi connectivity index (χ2n) is 6.09. The zero-order valence-electron chi connectivity index (χ0n) is 12.2. The average Bonchev–Trinajstić information content (AvgIpc) is 3.23. The Kier molecular flexibility index (Phi) is 4.52. The van der Waals surface area contributed by atoms with Crippen LogP contribution in [-0.4, -0.2) is 26.3 Å². The first-order valence-corrected chi connectivity index (χ1v) is 8.78. The van der Waals surface area contributed by atoms with E-state index in [1.807, 2.05) is 44.2 Å². The van der Waals surface area contributed by atoms with Crippen LogP contribution in [0.3, 0.4) is 0 Å². The van der Waals surface area contributed by atoms with Gasteiger partial charge in [-0.05, 0) is 37.2 Å². The quantitative estimate of drug-likeness (QED) is 0.806. The number of nitrogens with one attached hydrogen (secondary N) is 1. The maximum absolute atomic E-state index is 12.4. The molecule has 0 spiro atoms. The molecule has 0 aromatic heterocycles. The van der Waals surface area contributed by atoms with Crippen molar-refractivity contribution >= 4 is 10.0 Å². The van der Waals surface area contributed by atoms with E-state index in [0.29, 0.717) is 12.5 Å². The van der Waals surface area contributed by atoms with Crippen molar-refractivity contribution in [3.63, 3.8) is 0 Å². The summed E-state index contributed by atoms with van der Waals surface area (Å²) in [4.78, 5) is 0. The van der Waals surface area contributed by atoms with Crippen LogP contribution in [0.2, 0.25) is 0 Å². The molecule has 0 radical (unpaired) electrons. The van der Waals surface area contributed by atoms with Gasteiger partial charge in [0.2, 0.25) is 10.0 Å². The summed E-state index contributed by atoms with van der Waals surface area (Å²) in [6, 6.07) is 9.72. The third-order valence-corrected chi connectivity index (χ3v) is 5.85. The Morgan fingerprint density at radius 1 is 1.35 bits per heavy atom. The van der Waals surface area contributed by atoms with Gasteiger partial charge >= 0.3 is 0 Å². The van der Waals surface area contributed by atoms with Crippen LogP contribution in [0.5, 0.6) is 0 Å². The molecule has 0 aliphatic heterocycles. The van der Waals surface area contributed by atoms with E-state index in [1.165, 1.54) is 0 Å². The van der Waals surface area contributed by atoms with Gasteiger partial charge < -0.3 is 5.73 Å². The summed E-state index contributed by atoms with van der Waals surface area (Å²) in [6.07, 6.45) is 2.12. The summed E-state index contributed by atoms with van der Waals surface area (Å²) in [7, 11) is -3.33. The van der Waals surface area contributed by atoms with Gasteiger partial charge in [0, 0.05) is 12.1 Å². The number of nitrogens with two attached hydrogens (primary N) is 1. The highest BCUT2D eigenvalue weighted by atomic mass is 32.2. The monoisotopic (exact) mass is 296 g/mol. The van der Waals surface area contributed by atoms with Crippen LogP contribution in [0.1, 0.15) is 38.2 Å². The van der Waals surface area contributed by atoms with E-state index in [0.717, 1.165) is 18.4 Å². The number of benzene rings is 1.